The molecule has 0 bridgehead atoms. The molecule has 1 fully saturated rings. The summed E-state index contributed by atoms with van der Waals surface area (Å²) in [6, 6.07) is 15.1. The van der Waals surface area contributed by atoms with Crippen LogP contribution in [0, 0.1) is 0 Å². The van der Waals surface area contributed by atoms with Gasteiger partial charge in [0.25, 0.3) is 0 Å². The molecule has 1 amide bonds. The number of halogens is 1. The molecule has 1 aliphatic rings. The summed E-state index contributed by atoms with van der Waals surface area (Å²) in [5.41, 5.74) is 2.66. The maximum Gasteiger partial charge on any atom is 0.234 e. The lowest BCUT2D eigenvalue weighted by Gasteiger charge is -2.35. The van der Waals surface area contributed by atoms with Crippen molar-refractivity contribution in [1.29, 1.82) is 0 Å². The summed E-state index contributed by atoms with van der Waals surface area (Å²) in [5.74, 6) is 0.0950. The van der Waals surface area contributed by atoms with Crippen LogP contribution in [0.25, 0.3) is 5.69 Å². The Balaban J connectivity index is 1.40. The zero-order valence-electron chi connectivity index (χ0n) is 16.5. The molecule has 0 aliphatic carbocycles. The van der Waals surface area contributed by atoms with E-state index >= 15 is 0 Å². The zero-order chi connectivity index (χ0) is 20.9. The summed E-state index contributed by atoms with van der Waals surface area (Å²) >= 11 is 7.23. The van der Waals surface area contributed by atoms with Crippen LogP contribution in [-0.4, -0.2) is 70.0 Å². The Hall–Kier alpha value is -2.62. The van der Waals surface area contributed by atoms with Gasteiger partial charge >= 0.3 is 0 Å². The fourth-order valence-electron chi connectivity index (χ4n) is 3.23. The number of carbonyl (C=O) groups excluding carboxylic acids is 1. The molecule has 1 saturated heterocycles. The van der Waals surface area contributed by atoms with Crippen LogP contribution in [0.5, 0.6) is 0 Å². The van der Waals surface area contributed by atoms with E-state index in [0.29, 0.717) is 10.2 Å². The highest BCUT2D eigenvalue weighted by atomic mass is 35.5. The first-order valence-electron chi connectivity index (χ1n) is 9.59. The van der Waals surface area contributed by atoms with Crippen molar-refractivity contribution in [2.45, 2.75) is 5.16 Å². The molecule has 2 heterocycles. The van der Waals surface area contributed by atoms with Gasteiger partial charge in [-0.05, 0) is 53.9 Å². The molecule has 4 rings (SSSR count). The van der Waals surface area contributed by atoms with Gasteiger partial charge in [0, 0.05) is 31.2 Å². The van der Waals surface area contributed by atoms with Crippen molar-refractivity contribution in [3.63, 3.8) is 0 Å². The minimum Gasteiger partial charge on any atom is -0.367 e. The van der Waals surface area contributed by atoms with Gasteiger partial charge in [-0.1, -0.05) is 35.5 Å². The maximum absolute atomic E-state index is 12.6. The fourth-order valence-corrected chi connectivity index (χ4v) is 4.05. The number of nitrogens with one attached hydrogen (secondary N) is 1. The smallest absolute Gasteiger partial charge is 0.234 e. The molecule has 8 nitrogen and oxygen atoms in total. The van der Waals surface area contributed by atoms with E-state index in [1.165, 1.54) is 11.8 Å². The number of hydrogen-bond donors (Lipinski definition) is 1. The average Bonchev–Trinajstić information content (AvgIpc) is 3.23. The van der Waals surface area contributed by atoms with Crippen LogP contribution in [-0.2, 0) is 4.79 Å². The Morgan fingerprint density at radius 2 is 1.83 bits per heavy atom. The van der Waals surface area contributed by atoms with Crippen molar-refractivity contribution in [1.82, 2.24) is 25.1 Å². The number of likely N-dealkylation sites (N-methyl/N-ethyl adjacent to an activating group) is 1. The molecule has 156 valence electrons. The van der Waals surface area contributed by atoms with Crippen LogP contribution in [0.15, 0.2) is 53.7 Å². The normalized spacial score (nSPS) is 14.7. The number of rotatable bonds is 6. The lowest BCUT2D eigenvalue weighted by molar-refractivity contribution is -0.113. The van der Waals surface area contributed by atoms with Crippen molar-refractivity contribution in [3.05, 3.63) is 53.6 Å². The van der Waals surface area contributed by atoms with Crippen molar-refractivity contribution in [3.8, 4) is 5.69 Å². The third kappa shape index (κ3) is 4.92. The second kappa shape index (κ2) is 9.46. The van der Waals surface area contributed by atoms with Gasteiger partial charge in [0.1, 0.15) is 0 Å². The van der Waals surface area contributed by atoms with Crippen molar-refractivity contribution in [2.24, 2.45) is 0 Å². The molecule has 10 heteroatoms. The highest BCUT2D eigenvalue weighted by Crippen LogP contribution is 2.27. The average molecular weight is 444 g/mol. The standard InChI is InChI=1S/C20H22ClN7OS/c1-26-10-12-27(13-11-26)18-5-3-2-4-17(18)22-19(29)14-30-20-23-24-25-28(20)16-8-6-15(21)7-9-16/h2-9H,10-14H2,1H3,(H,22,29). The number of anilines is 2. The molecule has 1 N–H and O–H groups in total. The van der Waals surface area contributed by atoms with E-state index in [1.54, 1.807) is 16.8 Å². The Morgan fingerprint density at radius 1 is 1.10 bits per heavy atom. The Labute approximate surface area is 184 Å². The third-order valence-corrected chi connectivity index (χ3v) is 6.04. The van der Waals surface area contributed by atoms with Gasteiger partial charge in [-0.3, -0.25) is 4.79 Å². The van der Waals surface area contributed by atoms with Gasteiger partial charge in [0.15, 0.2) is 0 Å². The molecular weight excluding hydrogens is 422 g/mol. The number of benzene rings is 2. The second-order valence-corrected chi connectivity index (χ2v) is 8.37. The number of nitrogens with zero attached hydrogens (tertiary/aromatic N) is 6. The number of para-hydroxylation sites is 2. The molecular formula is C20H22ClN7OS. The Bertz CT molecular complexity index is 1000. The zero-order valence-corrected chi connectivity index (χ0v) is 18.1. The molecule has 0 atom stereocenters. The van der Waals surface area contributed by atoms with Gasteiger partial charge in [-0.15, -0.1) is 5.10 Å². The van der Waals surface area contributed by atoms with Gasteiger partial charge < -0.3 is 15.1 Å². The van der Waals surface area contributed by atoms with Gasteiger partial charge in [0.05, 0.1) is 22.8 Å². The van der Waals surface area contributed by atoms with E-state index < -0.39 is 0 Å². The van der Waals surface area contributed by atoms with Crippen LogP contribution in [0.4, 0.5) is 11.4 Å². The monoisotopic (exact) mass is 443 g/mol. The lowest BCUT2D eigenvalue weighted by Crippen LogP contribution is -2.44. The molecule has 0 unspecified atom stereocenters. The van der Waals surface area contributed by atoms with Gasteiger partial charge in [0.2, 0.25) is 11.1 Å². The van der Waals surface area contributed by atoms with Crippen LogP contribution >= 0.6 is 23.4 Å². The minimum atomic E-state index is -0.104. The van der Waals surface area contributed by atoms with E-state index in [4.69, 9.17) is 11.6 Å². The quantitative estimate of drug-likeness (QED) is 0.587. The summed E-state index contributed by atoms with van der Waals surface area (Å²) in [5, 5.41) is 16.0. The van der Waals surface area contributed by atoms with Crippen LogP contribution in [0.3, 0.4) is 0 Å². The summed E-state index contributed by atoms with van der Waals surface area (Å²) in [6.45, 7) is 3.89. The number of carbonyl (C=O) groups is 1. The fraction of sp³-hybridized carbons (Fsp3) is 0.300. The number of thioether (sulfide) groups is 1. The highest BCUT2D eigenvalue weighted by molar-refractivity contribution is 7.99. The summed E-state index contributed by atoms with van der Waals surface area (Å²) in [6.07, 6.45) is 0. The molecule has 30 heavy (non-hydrogen) atoms. The predicted octanol–water partition coefficient (Wildman–Crippen LogP) is 2.80. The summed E-state index contributed by atoms with van der Waals surface area (Å²) in [7, 11) is 2.12. The van der Waals surface area contributed by atoms with Crippen LogP contribution in [0.1, 0.15) is 0 Å². The predicted molar refractivity (Wildman–Crippen MR) is 120 cm³/mol. The second-order valence-electron chi connectivity index (χ2n) is 6.99. The van der Waals surface area contributed by atoms with Crippen molar-refractivity contribution >= 4 is 40.6 Å². The number of piperazine rings is 1. The summed E-state index contributed by atoms with van der Waals surface area (Å²) < 4.78 is 1.59. The van der Waals surface area contributed by atoms with Crippen molar-refractivity contribution in [2.75, 3.05) is 49.2 Å². The molecule has 2 aromatic carbocycles. The maximum atomic E-state index is 12.6. The number of aromatic nitrogens is 4. The van der Waals surface area contributed by atoms with Crippen LogP contribution < -0.4 is 10.2 Å². The van der Waals surface area contributed by atoms with E-state index in [9.17, 15) is 4.79 Å². The molecule has 1 aliphatic heterocycles. The first-order valence-corrected chi connectivity index (χ1v) is 11.0. The minimum absolute atomic E-state index is 0.104. The Morgan fingerprint density at radius 3 is 2.60 bits per heavy atom. The van der Waals surface area contributed by atoms with E-state index in [1.807, 2.05) is 30.3 Å². The number of tetrazole rings is 1. The lowest BCUT2D eigenvalue weighted by atomic mass is 10.2. The molecule has 3 aromatic rings. The highest BCUT2D eigenvalue weighted by Gasteiger charge is 2.18. The first-order chi connectivity index (χ1) is 14.6. The SMILES string of the molecule is CN1CCN(c2ccccc2NC(=O)CSc2nnnn2-c2ccc(Cl)cc2)CC1. The van der Waals surface area contributed by atoms with E-state index in [0.717, 1.165) is 43.2 Å². The molecule has 0 radical (unpaired) electrons. The van der Waals surface area contributed by atoms with Gasteiger partial charge in [-0.2, -0.15) is 4.68 Å². The molecule has 0 saturated carbocycles. The van der Waals surface area contributed by atoms with Crippen LogP contribution in [0.2, 0.25) is 5.02 Å². The molecule has 0 spiro atoms. The third-order valence-electron chi connectivity index (χ3n) is 4.87. The topological polar surface area (TPSA) is 79.2 Å². The number of amides is 1. The van der Waals surface area contributed by atoms with E-state index in [2.05, 4.69) is 43.8 Å². The van der Waals surface area contributed by atoms with Crippen molar-refractivity contribution < 1.29 is 4.79 Å². The van der Waals surface area contributed by atoms with E-state index in [-0.39, 0.29) is 11.7 Å². The summed E-state index contributed by atoms with van der Waals surface area (Å²) in [4.78, 5) is 17.2. The first kappa shape index (κ1) is 20.6. The number of hydrogen-bond acceptors (Lipinski definition) is 7. The molecule has 1 aromatic heterocycles. The largest absolute Gasteiger partial charge is 0.367 e. The van der Waals surface area contributed by atoms with Gasteiger partial charge in [-0.25, -0.2) is 0 Å². The Kier molecular flexibility index (Phi) is 6.51.